The number of nitrogens with zero attached hydrogens (tertiary/aromatic N) is 5. The smallest absolute Gasteiger partial charge is 0.433 e. The van der Waals surface area contributed by atoms with Gasteiger partial charge in [0.25, 0.3) is 5.91 Å². The summed E-state index contributed by atoms with van der Waals surface area (Å²) in [4.78, 5) is 38.1. The number of amides is 2. The molecule has 2 amide bonds. The van der Waals surface area contributed by atoms with Crippen LogP contribution in [-0.4, -0.2) is 63.8 Å². The summed E-state index contributed by atoms with van der Waals surface area (Å²) < 4.78 is 10.8. The summed E-state index contributed by atoms with van der Waals surface area (Å²) in [5.74, 6) is -0.122. The van der Waals surface area contributed by atoms with Gasteiger partial charge in [-0.3, -0.25) is 19.7 Å². The predicted molar refractivity (Wildman–Crippen MR) is 115 cm³/mol. The average molecular weight is 479 g/mol. The molecule has 0 aliphatic carbocycles. The zero-order valence-electron chi connectivity index (χ0n) is 16.6. The summed E-state index contributed by atoms with van der Waals surface area (Å²) >= 11 is 2.68. The van der Waals surface area contributed by atoms with Gasteiger partial charge in [-0.15, -0.1) is 10.2 Å². The number of carbonyl (C=O) groups excluding carboxylic acids is 2. The average Bonchev–Trinajstić information content (AvgIpc) is 3.57. The quantitative estimate of drug-likeness (QED) is 0.289. The van der Waals surface area contributed by atoms with E-state index in [1.807, 2.05) is 4.90 Å². The topological polar surface area (TPSA) is 148 Å². The molecule has 14 heteroatoms. The Morgan fingerprint density at radius 2 is 2.03 bits per heavy atom. The number of aromatic nitrogens is 2. The molecule has 0 spiro atoms. The van der Waals surface area contributed by atoms with Gasteiger partial charge in [0.1, 0.15) is 10.7 Å². The molecular weight excluding hydrogens is 460 g/mol. The van der Waals surface area contributed by atoms with Gasteiger partial charge in [0, 0.05) is 26.2 Å². The minimum absolute atomic E-state index is 0.0509. The van der Waals surface area contributed by atoms with Crippen LogP contribution in [0.15, 0.2) is 43.7 Å². The number of furan rings is 2. The Hall–Kier alpha value is -3.39. The standard InChI is InChI=1S/C18H18N6O6S2/c25-14(19-10-12-2-1-9-29-12)11-31-18-21-20-17(32-18)23-7-5-22(6-8-23)16(26)13-3-4-15(30-13)24(27)28/h1-4,9H,5-8,10-11H2,(H,19,25). The van der Waals surface area contributed by atoms with Crippen molar-refractivity contribution in [3.63, 3.8) is 0 Å². The van der Waals surface area contributed by atoms with Crippen LogP contribution in [0.3, 0.4) is 0 Å². The molecule has 1 N–H and O–H groups in total. The Morgan fingerprint density at radius 1 is 1.22 bits per heavy atom. The Bertz CT molecular complexity index is 1090. The van der Waals surface area contributed by atoms with Gasteiger partial charge in [-0.25, -0.2) is 0 Å². The Kier molecular flexibility index (Phi) is 6.70. The summed E-state index contributed by atoms with van der Waals surface area (Å²) in [5, 5.41) is 22.5. The molecule has 32 heavy (non-hydrogen) atoms. The van der Waals surface area contributed by atoms with E-state index in [4.69, 9.17) is 8.83 Å². The molecule has 3 aromatic heterocycles. The van der Waals surface area contributed by atoms with Gasteiger partial charge < -0.3 is 24.0 Å². The molecule has 0 saturated carbocycles. The van der Waals surface area contributed by atoms with Crippen LogP contribution in [-0.2, 0) is 11.3 Å². The summed E-state index contributed by atoms with van der Waals surface area (Å²) in [5.41, 5.74) is 0. The van der Waals surface area contributed by atoms with Gasteiger partial charge in [-0.05, 0) is 18.2 Å². The molecule has 1 saturated heterocycles. The fourth-order valence-corrected chi connectivity index (χ4v) is 4.69. The molecule has 0 bridgehead atoms. The molecule has 3 aromatic rings. The van der Waals surface area contributed by atoms with Gasteiger partial charge >= 0.3 is 5.88 Å². The fraction of sp³-hybridized carbons (Fsp3) is 0.333. The van der Waals surface area contributed by atoms with Crippen LogP contribution in [0.2, 0.25) is 0 Å². The number of nitrogens with one attached hydrogen (secondary N) is 1. The molecule has 0 radical (unpaired) electrons. The number of hydrogen-bond acceptors (Lipinski definition) is 11. The lowest BCUT2D eigenvalue weighted by atomic mass is 10.3. The van der Waals surface area contributed by atoms with Crippen LogP contribution in [0.1, 0.15) is 16.3 Å². The van der Waals surface area contributed by atoms with E-state index >= 15 is 0 Å². The molecule has 1 aliphatic rings. The number of anilines is 1. The van der Waals surface area contributed by atoms with Crippen LogP contribution >= 0.6 is 23.1 Å². The van der Waals surface area contributed by atoms with Gasteiger partial charge in [0.05, 0.1) is 24.6 Å². The Morgan fingerprint density at radius 3 is 2.72 bits per heavy atom. The van der Waals surface area contributed by atoms with Crippen molar-refractivity contribution in [2.24, 2.45) is 0 Å². The van der Waals surface area contributed by atoms with Crippen molar-refractivity contribution in [1.82, 2.24) is 20.4 Å². The number of carbonyl (C=O) groups is 2. The highest BCUT2D eigenvalue weighted by molar-refractivity contribution is 8.01. The van der Waals surface area contributed by atoms with Crippen molar-refractivity contribution < 1.29 is 23.3 Å². The third-order valence-electron chi connectivity index (χ3n) is 4.58. The number of thioether (sulfide) groups is 1. The van der Waals surface area contributed by atoms with E-state index in [0.717, 1.165) is 0 Å². The molecule has 4 heterocycles. The van der Waals surface area contributed by atoms with Crippen LogP contribution in [0.4, 0.5) is 11.0 Å². The van der Waals surface area contributed by atoms with Gasteiger partial charge in [-0.2, -0.15) is 0 Å². The zero-order valence-corrected chi connectivity index (χ0v) is 18.3. The van der Waals surface area contributed by atoms with E-state index in [9.17, 15) is 19.7 Å². The minimum Gasteiger partial charge on any atom is -0.467 e. The lowest BCUT2D eigenvalue weighted by Gasteiger charge is -2.33. The second kappa shape index (κ2) is 9.82. The number of hydrogen-bond donors (Lipinski definition) is 1. The third-order valence-corrected chi connectivity index (χ3v) is 6.70. The predicted octanol–water partition coefficient (Wildman–Crippen LogP) is 2.00. The summed E-state index contributed by atoms with van der Waals surface area (Å²) in [6, 6.07) is 6.03. The lowest BCUT2D eigenvalue weighted by Crippen LogP contribution is -2.48. The first-order valence-electron chi connectivity index (χ1n) is 9.53. The third kappa shape index (κ3) is 5.26. The lowest BCUT2D eigenvalue weighted by molar-refractivity contribution is -0.402. The van der Waals surface area contributed by atoms with Gasteiger partial charge in [0.15, 0.2) is 10.1 Å². The van der Waals surface area contributed by atoms with Crippen LogP contribution < -0.4 is 10.2 Å². The van der Waals surface area contributed by atoms with E-state index in [1.54, 1.807) is 23.3 Å². The highest BCUT2D eigenvalue weighted by Crippen LogP contribution is 2.29. The van der Waals surface area contributed by atoms with Crippen molar-refractivity contribution in [3.05, 3.63) is 52.2 Å². The molecule has 0 unspecified atom stereocenters. The maximum absolute atomic E-state index is 12.5. The normalized spacial score (nSPS) is 13.9. The second-order valence-electron chi connectivity index (χ2n) is 6.67. The van der Waals surface area contributed by atoms with Crippen molar-refractivity contribution in [3.8, 4) is 0 Å². The SMILES string of the molecule is O=C(CSc1nnc(N2CCN(C(=O)c3ccc([N+](=O)[O-])o3)CC2)s1)NCc1ccco1. The molecule has 0 atom stereocenters. The largest absolute Gasteiger partial charge is 0.467 e. The van der Waals surface area contributed by atoms with Crippen LogP contribution in [0, 0.1) is 10.1 Å². The highest BCUT2D eigenvalue weighted by Gasteiger charge is 2.27. The van der Waals surface area contributed by atoms with Crippen molar-refractivity contribution in [2.45, 2.75) is 10.9 Å². The first-order valence-corrected chi connectivity index (χ1v) is 11.3. The first-order chi connectivity index (χ1) is 15.5. The van der Waals surface area contributed by atoms with E-state index < -0.39 is 10.8 Å². The Balaban J connectivity index is 1.23. The maximum atomic E-state index is 12.5. The first kappa shape index (κ1) is 21.8. The van der Waals surface area contributed by atoms with Crippen LogP contribution in [0.25, 0.3) is 0 Å². The summed E-state index contributed by atoms with van der Waals surface area (Å²) in [6.45, 7) is 2.26. The fourth-order valence-electron chi connectivity index (χ4n) is 2.96. The number of piperazine rings is 1. The molecule has 168 valence electrons. The molecule has 0 aromatic carbocycles. The van der Waals surface area contributed by atoms with Gasteiger partial charge in [-0.1, -0.05) is 23.1 Å². The van der Waals surface area contributed by atoms with Crippen LogP contribution in [0.5, 0.6) is 0 Å². The van der Waals surface area contributed by atoms with Crippen molar-refractivity contribution >= 4 is 45.9 Å². The minimum atomic E-state index is -0.678. The number of rotatable bonds is 8. The van der Waals surface area contributed by atoms with Crippen molar-refractivity contribution in [1.29, 1.82) is 0 Å². The number of nitro groups is 1. The van der Waals surface area contributed by atoms with E-state index in [0.29, 0.717) is 48.0 Å². The van der Waals surface area contributed by atoms with Gasteiger partial charge in [0.2, 0.25) is 11.0 Å². The molecule has 1 aliphatic heterocycles. The highest BCUT2D eigenvalue weighted by atomic mass is 32.2. The molecule has 1 fully saturated rings. The van der Waals surface area contributed by atoms with Crippen molar-refractivity contribution in [2.75, 3.05) is 36.8 Å². The molecule has 4 rings (SSSR count). The second-order valence-corrected chi connectivity index (χ2v) is 8.85. The van der Waals surface area contributed by atoms with E-state index in [-0.39, 0.29) is 23.3 Å². The summed E-state index contributed by atoms with van der Waals surface area (Å²) in [7, 11) is 0. The zero-order chi connectivity index (χ0) is 22.5. The monoisotopic (exact) mass is 478 g/mol. The summed E-state index contributed by atoms with van der Waals surface area (Å²) in [6.07, 6.45) is 1.55. The van der Waals surface area contributed by atoms with E-state index in [1.165, 1.54) is 35.2 Å². The molecule has 12 nitrogen and oxygen atoms in total. The van der Waals surface area contributed by atoms with E-state index in [2.05, 4.69) is 15.5 Å². The maximum Gasteiger partial charge on any atom is 0.433 e. The molecular formula is C18H18N6O6S2. The Labute approximate surface area is 189 Å².